The summed E-state index contributed by atoms with van der Waals surface area (Å²) in [5.74, 6) is 1.58. The zero-order chi connectivity index (χ0) is 21.2. The molecule has 1 aromatic heterocycles. The number of thioether (sulfide) groups is 1. The van der Waals surface area contributed by atoms with E-state index < -0.39 is 0 Å². The van der Waals surface area contributed by atoms with Gasteiger partial charge in [-0.25, -0.2) is 4.98 Å². The van der Waals surface area contributed by atoms with E-state index >= 15 is 0 Å². The first-order chi connectivity index (χ1) is 15.2. The lowest BCUT2D eigenvalue weighted by Gasteiger charge is -2.29. The van der Waals surface area contributed by atoms with Crippen molar-refractivity contribution in [1.29, 1.82) is 5.26 Å². The van der Waals surface area contributed by atoms with Gasteiger partial charge in [0.25, 0.3) is 5.56 Å². The number of benzene rings is 2. The summed E-state index contributed by atoms with van der Waals surface area (Å²) in [5.41, 5.74) is 2.39. The molecule has 5 rings (SSSR count). The summed E-state index contributed by atoms with van der Waals surface area (Å²) >= 11 is 1.26. The maximum absolute atomic E-state index is 13.5. The first-order valence-corrected chi connectivity index (χ1v) is 11.0. The van der Waals surface area contributed by atoms with E-state index in [0.717, 1.165) is 24.3 Å². The van der Waals surface area contributed by atoms with Gasteiger partial charge in [0.05, 0.1) is 42.5 Å². The van der Waals surface area contributed by atoms with Crippen LogP contribution in [-0.4, -0.2) is 48.4 Å². The highest BCUT2D eigenvalue weighted by atomic mass is 32.2. The van der Waals surface area contributed by atoms with Crippen LogP contribution < -0.4 is 19.9 Å². The van der Waals surface area contributed by atoms with Gasteiger partial charge in [-0.2, -0.15) is 5.26 Å². The molecule has 0 aliphatic carbocycles. The van der Waals surface area contributed by atoms with Crippen molar-refractivity contribution in [1.82, 2.24) is 9.55 Å². The van der Waals surface area contributed by atoms with E-state index in [-0.39, 0.29) is 18.1 Å². The maximum Gasteiger partial charge on any atom is 0.262 e. The number of anilines is 1. The summed E-state index contributed by atoms with van der Waals surface area (Å²) in [6, 6.07) is 13.5. The molecule has 0 bridgehead atoms. The second kappa shape index (κ2) is 8.49. The third kappa shape index (κ3) is 3.92. The smallest absolute Gasteiger partial charge is 0.262 e. The standard InChI is InChI=1S/C22H20N4O4S/c23-5-10-31-22-24-18-3-2-16(25-6-8-28-9-7-25)12-17(18)21(27)26(22)13-15-1-4-19-20(11-15)30-14-29-19/h1-4,11-12H,6-10,13-14H2. The molecule has 0 unspecified atom stereocenters. The molecular formula is C22H20N4O4S. The zero-order valence-electron chi connectivity index (χ0n) is 16.7. The molecule has 1 saturated heterocycles. The van der Waals surface area contributed by atoms with E-state index in [9.17, 15) is 4.79 Å². The molecule has 0 spiro atoms. The van der Waals surface area contributed by atoms with Crippen molar-refractivity contribution in [2.24, 2.45) is 0 Å². The summed E-state index contributed by atoms with van der Waals surface area (Å²) in [5, 5.41) is 10.1. The fourth-order valence-electron chi connectivity index (χ4n) is 3.78. The minimum Gasteiger partial charge on any atom is -0.454 e. The second-order valence-corrected chi connectivity index (χ2v) is 8.16. The molecule has 0 atom stereocenters. The molecule has 3 heterocycles. The SMILES string of the molecule is N#CCSc1nc2ccc(N3CCOCC3)cc2c(=O)n1Cc1ccc2c(c1)OCO2. The van der Waals surface area contributed by atoms with Gasteiger partial charge in [0.15, 0.2) is 16.7 Å². The van der Waals surface area contributed by atoms with Crippen LogP contribution in [0.4, 0.5) is 5.69 Å². The van der Waals surface area contributed by atoms with E-state index in [1.807, 2.05) is 36.4 Å². The average molecular weight is 436 g/mol. The Hall–Kier alpha value is -3.22. The Labute approximate surface area is 183 Å². The molecule has 2 aromatic carbocycles. The molecule has 9 heteroatoms. The summed E-state index contributed by atoms with van der Waals surface area (Å²) in [4.78, 5) is 20.4. The minimum absolute atomic E-state index is 0.127. The Bertz CT molecular complexity index is 1230. The molecule has 8 nitrogen and oxygen atoms in total. The molecule has 0 N–H and O–H groups in total. The van der Waals surface area contributed by atoms with E-state index in [4.69, 9.17) is 24.5 Å². The summed E-state index contributed by atoms with van der Waals surface area (Å²) < 4.78 is 17.9. The largest absolute Gasteiger partial charge is 0.454 e. The number of aromatic nitrogens is 2. The molecule has 0 saturated carbocycles. The fraction of sp³-hybridized carbons (Fsp3) is 0.318. The predicted molar refractivity (Wildman–Crippen MR) is 117 cm³/mol. The van der Waals surface area contributed by atoms with E-state index in [1.165, 1.54) is 11.8 Å². The lowest BCUT2D eigenvalue weighted by Crippen LogP contribution is -2.36. The van der Waals surface area contributed by atoms with Crippen LogP contribution in [0, 0.1) is 11.3 Å². The molecule has 31 heavy (non-hydrogen) atoms. The normalized spacial score (nSPS) is 15.3. The van der Waals surface area contributed by atoms with Gasteiger partial charge in [-0.05, 0) is 35.9 Å². The van der Waals surface area contributed by atoms with Crippen molar-refractivity contribution < 1.29 is 14.2 Å². The quantitative estimate of drug-likeness (QED) is 0.445. The monoisotopic (exact) mass is 436 g/mol. The molecular weight excluding hydrogens is 416 g/mol. The van der Waals surface area contributed by atoms with Gasteiger partial charge in [-0.3, -0.25) is 9.36 Å². The van der Waals surface area contributed by atoms with Crippen LogP contribution in [-0.2, 0) is 11.3 Å². The molecule has 1 fully saturated rings. The highest BCUT2D eigenvalue weighted by Crippen LogP contribution is 2.33. The molecule has 158 valence electrons. The second-order valence-electron chi connectivity index (χ2n) is 7.22. The Balaban J connectivity index is 1.57. The Morgan fingerprint density at radius 1 is 1.10 bits per heavy atom. The average Bonchev–Trinajstić information content (AvgIpc) is 3.28. The van der Waals surface area contributed by atoms with Crippen LogP contribution in [0.2, 0.25) is 0 Å². The van der Waals surface area contributed by atoms with Crippen molar-refractivity contribution in [3.63, 3.8) is 0 Å². The fourth-order valence-corrected chi connectivity index (χ4v) is 4.43. The topological polar surface area (TPSA) is 89.6 Å². The van der Waals surface area contributed by atoms with Gasteiger partial charge in [-0.1, -0.05) is 17.8 Å². The number of nitrogens with zero attached hydrogens (tertiary/aromatic N) is 4. The molecule has 0 radical (unpaired) electrons. The first-order valence-electron chi connectivity index (χ1n) is 9.98. The number of fused-ring (bicyclic) bond motifs is 2. The highest BCUT2D eigenvalue weighted by molar-refractivity contribution is 7.99. The lowest BCUT2D eigenvalue weighted by molar-refractivity contribution is 0.122. The van der Waals surface area contributed by atoms with E-state index in [0.29, 0.717) is 47.3 Å². The van der Waals surface area contributed by atoms with E-state index in [1.54, 1.807) is 4.57 Å². The van der Waals surface area contributed by atoms with Crippen LogP contribution >= 0.6 is 11.8 Å². The Morgan fingerprint density at radius 2 is 1.94 bits per heavy atom. The Kier molecular flexibility index (Phi) is 5.40. The van der Waals surface area contributed by atoms with Crippen molar-refractivity contribution in [2.75, 3.05) is 43.7 Å². The van der Waals surface area contributed by atoms with Gasteiger partial charge in [-0.15, -0.1) is 0 Å². The van der Waals surface area contributed by atoms with Crippen molar-refractivity contribution in [2.45, 2.75) is 11.7 Å². The third-order valence-corrected chi connectivity index (χ3v) is 6.17. The highest BCUT2D eigenvalue weighted by Gasteiger charge is 2.18. The van der Waals surface area contributed by atoms with Crippen LogP contribution in [0.15, 0.2) is 46.3 Å². The number of hydrogen-bond donors (Lipinski definition) is 0. The minimum atomic E-state index is -0.127. The number of rotatable bonds is 5. The van der Waals surface area contributed by atoms with Gasteiger partial charge in [0.2, 0.25) is 6.79 Å². The van der Waals surface area contributed by atoms with E-state index in [2.05, 4.69) is 11.0 Å². The summed E-state index contributed by atoms with van der Waals surface area (Å²) in [6.45, 7) is 3.46. The van der Waals surface area contributed by atoms with Crippen molar-refractivity contribution in [3.8, 4) is 17.6 Å². The summed E-state index contributed by atoms with van der Waals surface area (Å²) in [6.07, 6.45) is 0. The van der Waals surface area contributed by atoms with Gasteiger partial charge in [0.1, 0.15) is 0 Å². The molecule has 0 amide bonds. The maximum atomic E-state index is 13.5. The van der Waals surface area contributed by atoms with Crippen molar-refractivity contribution >= 4 is 28.4 Å². The first kappa shape index (κ1) is 19.7. The van der Waals surface area contributed by atoms with Crippen molar-refractivity contribution in [3.05, 3.63) is 52.3 Å². The molecule has 3 aromatic rings. The van der Waals surface area contributed by atoms with Crippen LogP contribution in [0.3, 0.4) is 0 Å². The third-order valence-electron chi connectivity index (χ3n) is 5.32. The number of hydrogen-bond acceptors (Lipinski definition) is 8. The van der Waals surface area contributed by atoms with Gasteiger partial charge >= 0.3 is 0 Å². The molecule has 2 aliphatic rings. The van der Waals surface area contributed by atoms with Gasteiger partial charge in [0, 0.05) is 18.8 Å². The van der Waals surface area contributed by atoms with Crippen LogP contribution in [0.5, 0.6) is 11.5 Å². The number of nitriles is 1. The Morgan fingerprint density at radius 3 is 2.77 bits per heavy atom. The summed E-state index contributed by atoms with van der Waals surface area (Å²) in [7, 11) is 0. The number of ether oxygens (including phenoxy) is 3. The van der Waals surface area contributed by atoms with Crippen LogP contribution in [0.1, 0.15) is 5.56 Å². The van der Waals surface area contributed by atoms with Gasteiger partial charge < -0.3 is 19.1 Å². The van der Waals surface area contributed by atoms with Crippen LogP contribution in [0.25, 0.3) is 10.9 Å². The predicted octanol–water partition coefficient (Wildman–Crippen LogP) is 2.63. The molecule has 2 aliphatic heterocycles. The number of morpholine rings is 1. The lowest BCUT2D eigenvalue weighted by atomic mass is 10.1. The zero-order valence-corrected chi connectivity index (χ0v) is 17.6.